The van der Waals surface area contributed by atoms with E-state index in [-0.39, 0.29) is 16.9 Å². The number of aromatic nitrogens is 2. The molecule has 0 saturated carbocycles. The summed E-state index contributed by atoms with van der Waals surface area (Å²) in [4.78, 5) is 31.1. The van der Waals surface area contributed by atoms with Crippen molar-refractivity contribution in [3.8, 4) is 11.5 Å². The predicted octanol–water partition coefficient (Wildman–Crippen LogP) is 2.60. The van der Waals surface area contributed by atoms with Gasteiger partial charge in [0.05, 0.1) is 23.7 Å². The van der Waals surface area contributed by atoms with Crippen molar-refractivity contribution >= 4 is 24.0 Å². The van der Waals surface area contributed by atoms with Gasteiger partial charge in [-0.15, -0.1) is 0 Å². The average Bonchev–Trinajstić information content (AvgIpc) is 2.66. The largest absolute Gasteiger partial charge is 0.486 e. The van der Waals surface area contributed by atoms with Crippen molar-refractivity contribution in [3.63, 3.8) is 0 Å². The lowest BCUT2D eigenvalue weighted by Crippen LogP contribution is -2.31. The zero-order chi connectivity index (χ0) is 19.8. The summed E-state index contributed by atoms with van der Waals surface area (Å²) in [5.41, 5.74) is 1.65. The molecule has 2 aliphatic rings. The molecule has 1 aromatic heterocycles. The van der Waals surface area contributed by atoms with Gasteiger partial charge in [0, 0.05) is 5.70 Å². The molecule has 3 N–H and O–H groups in total. The Hall–Kier alpha value is -3.07. The van der Waals surface area contributed by atoms with E-state index in [1.165, 1.54) is 0 Å². The van der Waals surface area contributed by atoms with Gasteiger partial charge in [-0.2, -0.15) is 0 Å². The lowest BCUT2D eigenvalue weighted by molar-refractivity contribution is -0.138. The van der Waals surface area contributed by atoms with Gasteiger partial charge >= 0.3 is 5.97 Å². The number of carbonyl (C=O) groups is 1. The molecule has 3 heterocycles. The number of hydrogen-bond acceptors (Lipinski definition) is 7. The van der Waals surface area contributed by atoms with Crippen LogP contribution < -0.4 is 20.3 Å². The fraction of sp³-hybridized carbons (Fsp3) is 0.316. The molecule has 0 saturated heterocycles. The Morgan fingerprint density at radius 2 is 2.00 bits per heavy atom. The fourth-order valence-corrected chi connectivity index (χ4v) is 3.73. The lowest BCUT2D eigenvalue weighted by atomic mass is 9.82. The highest BCUT2D eigenvalue weighted by molar-refractivity contribution is 7.71. The third-order valence-electron chi connectivity index (χ3n) is 4.67. The summed E-state index contributed by atoms with van der Waals surface area (Å²) >= 11 is 5.09. The summed E-state index contributed by atoms with van der Waals surface area (Å²) in [5, 5.41) is 3.07. The van der Waals surface area contributed by atoms with Crippen LogP contribution in [0, 0.1) is 4.77 Å². The Labute approximate surface area is 165 Å². The number of H-pyrrole nitrogens is 2. The Morgan fingerprint density at radius 1 is 1.25 bits per heavy atom. The van der Waals surface area contributed by atoms with E-state index in [0.29, 0.717) is 52.9 Å². The number of nitrogens with one attached hydrogen (secondary N) is 3. The fourth-order valence-electron chi connectivity index (χ4n) is 3.54. The minimum atomic E-state index is -0.651. The van der Waals surface area contributed by atoms with E-state index < -0.39 is 11.9 Å². The minimum absolute atomic E-state index is 0.199. The van der Waals surface area contributed by atoms with Crippen LogP contribution >= 0.6 is 12.2 Å². The molecule has 4 rings (SSSR count). The van der Waals surface area contributed by atoms with Crippen LogP contribution in [0.4, 0.5) is 5.82 Å². The summed E-state index contributed by atoms with van der Waals surface area (Å²) in [6.45, 7) is 4.64. The summed E-state index contributed by atoms with van der Waals surface area (Å²) in [5.74, 6) is 0.523. The summed E-state index contributed by atoms with van der Waals surface area (Å²) in [7, 11) is 0. The average molecular weight is 401 g/mol. The van der Waals surface area contributed by atoms with Crippen LogP contribution in [0.15, 0.2) is 34.3 Å². The van der Waals surface area contributed by atoms with E-state index in [0.717, 1.165) is 0 Å². The maximum absolute atomic E-state index is 12.8. The van der Waals surface area contributed by atoms with Crippen molar-refractivity contribution in [2.75, 3.05) is 25.1 Å². The standard InChI is InChI=1S/C19H19N3O5S/c1-3-25-18(24)13-9(2)20-16-15(17(23)22-19(28)21-16)14(13)10-4-5-11-12(8-10)27-7-6-26-11/h4-5,8,14H,3,6-7H2,1-2H3,(H3,20,21,22,23,28). The Morgan fingerprint density at radius 3 is 2.75 bits per heavy atom. The normalized spacial score (nSPS) is 17.6. The summed E-state index contributed by atoms with van der Waals surface area (Å²) in [6.07, 6.45) is 0. The highest BCUT2D eigenvalue weighted by Gasteiger charge is 2.36. The maximum Gasteiger partial charge on any atom is 0.336 e. The SMILES string of the molecule is CCOC(=O)C1=C(C)Nc2[nH]c(=S)[nH]c(=O)c2C1c1ccc2c(c1)OCCO2. The Balaban J connectivity index is 1.94. The number of fused-ring (bicyclic) bond motifs is 2. The molecule has 0 bridgehead atoms. The third-order valence-corrected chi connectivity index (χ3v) is 4.87. The van der Waals surface area contributed by atoms with Crippen LogP contribution in [0.25, 0.3) is 0 Å². The molecule has 1 atom stereocenters. The van der Waals surface area contributed by atoms with Crippen molar-refractivity contribution < 1.29 is 19.0 Å². The van der Waals surface area contributed by atoms with E-state index >= 15 is 0 Å². The highest BCUT2D eigenvalue weighted by atomic mass is 32.1. The van der Waals surface area contributed by atoms with Gasteiger partial charge < -0.3 is 24.5 Å². The first-order valence-electron chi connectivity index (χ1n) is 8.90. The number of carbonyl (C=O) groups excluding carboxylic acids is 1. The van der Waals surface area contributed by atoms with Gasteiger partial charge in [0.2, 0.25) is 0 Å². The molecular weight excluding hydrogens is 382 g/mol. The quantitative estimate of drug-likeness (QED) is 0.536. The molecule has 28 heavy (non-hydrogen) atoms. The number of esters is 1. The van der Waals surface area contributed by atoms with Gasteiger partial charge in [-0.1, -0.05) is 6.07 Å². The zero-order valence-electron chi connectivity index (χ0n) is 15.4. The van der Waals surface area contributed by atoms with Crippen LogP contribution in [-0.4, -0.2) is 35.8 Å². The molecule has 0 spiro atoms. The first-order valence-corrected chi connectivity index (χ1v) is 9.31. The van der Waals surface area contributed by atoms with E-state index in [4.69, 9.17) is 26.4 Å². The Kier molecular flexibility index (Phi) is 4.68. The van der Waals surface area contributed by atoms with Crippen LogP contribution in [0.2, 0.25) is 0 Å². The molecule has 2 aromatic rings. The number of allylic oxidation sites excluding steroid dienone is 1. The molecule has 146 valence electrons. The molecule has 1 unspecified atom stereocenters. The van der Waals surface area contributed by atoms with Crippen molar-refractivity contribution in [1.82, 2.24) is 9.97 Å². The first-order chi connectivity index (χ1) is 13.5. The van der Waals surface area contributed by atoms with Gasteiger partial charge in [0.15, 0.2) is 16.3 Å². The van der Waals surface area contributed by atoms with E-state index in [9.17, 15) is 9.59 Å². The topological polar surface area (TPSA) is 105 Å². The molecule has 2 aliphatic heterocycles. The smallest absolute Gasteiger partial charge is 0.336 e. The number of rotatable bonds is 3. The molecular formula is C19H19N3O5S. The Bertz CT molecular complexity index is 1100. The number of benzene rings is 1. The van der Waals surface area contributed by atoms with Crippen LogP contribution in [0.3, 0.4) is 0 Å². The van der Waals surface area contributed by atoms with Crippen molar-refractivity contribution in [2.45, 2.75) is 19.8 Å². The minimum Gasteiger partial charge on any atom is -0.486 e. The maximum atomic E-state index is 12.8. The third kappa shape index (κ3) is 3.07. The molecule has 8 nitrogen and oxygen atoms in total. The number of anilines is 1. The summed E-state index contributed by atoms with van der Waals surface area (Å²) < 4.78 is 16.7. The molecule has 0 aliphatic carbocycles. The second kappa shape index (κ2) is 7.16. The number of ether oxygens (including phenoxy) is 3. The first kappa shape index (κ1) is 18.3. The van der Waals surface area contributed by atoms with E-state index in [1.54, 1.807) is 26.0 Å². The van der Waals surface area contributed by atoms with E-state index in [1.807, 2.05) is 6.07 Å². The van der Waals surface area contributed by atoms with Crippen LogP contribution in [0.5, 0.6) is 11.5 Å². The molecule has 9 heteroatoms. The van der Waals surface area contributed by atoms with Gasteiger partial charge in [-0.25, -0.2) is 4.79 Å². The molecule has 0 radical (unpaired) electrons. The predicted molar refractivity (Wildman–Crippen MR) is 104 cm³/mol. The second-order valence-corrected chi connectivity index (χ2v) is 6.83. The van der Waals surface area contributed by atoms with Gasteiger partial charge in [0.25, 0.3) is 5.56 Å². The molecule has 0 amide bonds. The monoisotopic (exact) mass is 401 g/mol. The van der Waals surface area contributed by atoms with Gasteiger partial charge in [-0.3, -0.25) is 9.78 Å². The van der Waals surface area contributed by atoms with E-state index in [2.05, 4.69) is 15.3 Å². The van der Waals surface area contributed by atoms with Crippen molar-refractivity contribution in [1.29, 1.82) is 0 Å². The highest BCUT2D eigenvalue weighted by Crippen LogP contribution is 2.42. The van der Waals surface area contributed by atoms with Crippen molar-refractivity contribution in [3.05, 3.63) is 55.7 Å². The van der Waals surface area contributed by atoms with Crippen LogP contribution in [-0.2, 0) is 9.53 Å². The van der Waals surface area contributed by atoms with Gasteiger partial charge in [0.1, 0.15) is 19.0 Å². The van der Waals surface area contributed by atoms with Gasteiger partial charge in [-0.05, 0) is 43.8 Å². The molecule has 1 aromatic carbocycles. The second-order valence-electron chi connectivity index (χ2n) is 6.42. The molecule has 0 fully saturated rings. The number of aromatic amines is 2. The summed E-state index contributed by atoms with van der Waals surface area (Å²) in [6, 6.07) is 5.39. The lowest BCUT2D eigenvalue weighted by Gasteiger charge is -2.29. The van der Waals surface area contributed by atoms with Crippen molar-refractivity contribution in [2.24, 2.45) is 0 Å². The van der Waals surface area contributed by atoms with Crippen LogP contribution in [0.1, 0.15) is 30.9 Å². The number of hydrogen-bond donors (Lipinski definition) is 3. The zero-order valence-corrected chi connectivity index (χ0v) is 16.2.